The number of aliphatic hydroxyl groups is 2. The Labute approximate surface area is 381 Å². The van der Waals surface area contributed by atoms with Crippen LogP contribution < -0.4 is 5.32 Å². The number of rotatable bonds is 43. The predicted octanol–water partition coefficient (Wildman–Crippen LogP) is 15.1. The number of aliphatic hydroxyl groups excluding tert-OH is 2. The fourth-order valence-electron chi connectivity index (χ4n) is 7.06. The van der Waals surface area contributed by atoms with Crippen molar-refractivity contribution >= 4 is 11.9 Å². The van der Waals surface area contributed by atoms with Crippen LogP contribution in [-0.4, -0.2) is 46.9 Å². The number of hydrogen-bond acceptors (Lipinski definition) is 5. The molecule has 0 aliphatic heterocycles. The van der Waals surface area contributed by atoms with Crippen LogP contribution in [0.15, 0.2) is 109 Å². The van der Waals surface area contributed by atoms with Gasteiger partial charge in [-0.3, -0.25) is 9.59 Å². The summed E-state index contributed by atoms with van der Waals surface area (Å²) in [5.74, 6) is -0.572. The zero-order valence-electron chi connectivity index (χ0n) is 40.0. The zero-order chi connectivity index (χ0) is 45.2. The van der Waals surface area contributed by atoms with Crippen molar-refractivity contribution in [2.45, 2.75) is 225 Å². The highest BCUT2D eigenvalue weighted by molar-refractivity contribution is 5.77. The van der Waals surface area contributed by atoms with E-state index in [1.807, 2.05) is 60.8 Å². The molecule has 0 aliphatic rings. The lowest BCUT2D eigenvalue weighted by molar-refractivity contribution is -0.151. The van der Waals surface area contributed by atoms with Gasteiger partial charge in [0.05, 0.1) is 25.2 Å². The third-order valence-corrected chi connectivity index (χ3v) is 10.8. The van der Waals surface area contributed by atoms with E-state index in [0.29, 0.717) is 19.3 Å². The second-order valence-electron chi connectivity index (χ2n) is 16.7. The Morgan fingerprint density at radius 1 is 0.484 bits per heavy atom. The summed E-state index contributed by atoms with van der Waals surface area (Å²) in [4.78, 5) is 26.1. The van der Waals surface area contributed by atoms with Crippen LogP contribution in [0.25, 0.3) is 0 Å². The van der Waals surface area contributed by atoms with Crippen LogP contribution in [0.2, 0.25) is 0 Å². The molecule has 0 fully saturated rings. The van der Waals surface area contributed by atoms with Crippen molar-refractivity contribution in [2.24, 2.45) is 0 Å². The monoisotopic (exact) mass is 860 g/mol. The van der Waals surface area contributed by atoms with E-state index in [0.717, 1.165) is 70.6 Å². The van der Waals surface area contributed by atoms with Gasteiger partial charge in [0.2, 0.25) is 5.91 Å². The molecular weight excluding hydrogens is 767 g/mol. The molecule has 0 aromatic rings. The highest BCUT2D eigenvalue weighted by Gasteiger charge is 2.24. The number of hydrogen-bond donors (Lipinski definition) is 3. The summed E-state index contributed by atoms with van der Waals surface area (Å²) < 4.78 is 5.89. The maximum atomic E-state index is 13.2. The van der Waals surface area contributed by atoms with Crippen molar-refractivity contribution in [3.63, 3.8) is 0 Å². The molecule has 0 rings (SSSR count). The van der Waals surface area contributed by atoms with Gasteiger partial charge in [0.15, 0.2) is 0 Å². The largest absolute Gasteiger partial charge is 0.462 e. The maximum Gasteiger partial charge on any atom is 0.306 e. The number of ether oxygens (including phenoxy) is 1. The molecule has 0 radical (unpaired) electrons. The SMILES string of the molecule is CC\C=C/C=C/C=C/C=C\C=C\C=C\CCCC(CC(=O)NC(CO)C(O)CCCCCCCCCCCCCCC)OC(=O)CCCCCCCCC/C=C/C=C/C=C/CC. The van der Waals surface area contributed by atoms with Gasteiger partial charge in [-0.25, -0.2) is 0 Å². The standard InChI is InChI=1S/C56H93NO5/c1-4-7-10-13-16-19-22-25-27-30-32-35-38-41-44-47-52(62-56(61)49-46-43-40-37-34-31-28-26-23-20-17-14-11-8-5-2)50-55(60)57-53(51-58)54(59)48-45-42-39-36-33-29-24-21-18-15-12-9-6-3/h7-8,10-11,13-14,16-17,19-20,22-23,25,27,30,32,35,38,52-54,58-59H,4-6,9,12,15,18,21,24,26,28-29,31,33-34,36-37,39-51H2,1-3H3,(H,57,60)/b10-7-,11-8+,16-13+,17-14+,22-19+,23-20+,27-25-,32-30+,38-35+. The van der Waals surface area contributed by atoms with Crippen LogP contribution in [0.3, 0.4) is 0 Å². The Hall–Kier alpha value is -3.48. The Morgan fingerprint density at radius 3 is 1.35 bits per heavy atom. The van der Waals surface area contributed by atoms with Gasteiger partial charge in [-0.1, -0.05) is 246 Å². The van der Waals surface area contributed by atoms with Crippen molar-refractivity contribution in [3.05, 3.63) is 109 Å². The molecule has 6 heteroatoms. The first-order chi connectivity index (χ1) is 30.5. The molecule has 0 saturated heterocycles. The molecule has 352 valence electrons. The summed E-state index contributed by atoms with van der Waals surface area (Å²) in [5, 5.41) is 23.7. The normalized spacial score (nSPS) is 14.2. The summed E-state index contributed by atoms with van der Waals surface area (Å²) in [5.41, 5.74) is 0. The molecule has 3 N–H and O–H groups in total. The summed E-state index contributed by atoms with van der Waals surface area (Å²) in [7, 11) is 0. The van der Waals surface area contributed by atoms with Gasteiger partial charge < -0.3 is 20.3 Å². The van der Waals surface area contributed by atoms with E-state index in [1.165, 1.54) is 89.9 Å². The second kappa shape index (κ2) is 48.6. The third-order valence-electron chi connectivity index (χ3n) is 10.8. The Balaban J connectivity index is 4.77. The molecule has 0 heterocycles. The Kier molecular flexibility index (Phi) is 45.8. The van der Waals surface area contributed by atoms with Gasteiger partial charge in [0.25, 0.3) is 0 Å². The third kappa shape index (κ3) is 43.2. The van der Waals surface area contributed by atoms with E-state index < -0.39 is 18.2 Å². The van der Waals surface area contributed by atoms with Crippen molar-refractivity contribution in [1.29, 1.82) is 0 Å². The smallest absolute Gasteiger partial charge is 0.306 e. The first-order valence-corrected chi connectivity index (χ1v) is 25.2. The minimum Gasteiger partial charge on any atom is -0.462 e. The second-order valence-corrected chi connectivity index (χ2v) is 16.7. The molecule has 3 atom stereocenters. The van der Waals surface area contributed by atoms with E-state index in [2.05, 4.69) is 74.7 Å². The molecule has 62 heavy (non-hydrogen) atoms. The van der Waals surface area contributed by atoms with Crippen LogP contribution in [-0.2, 0) is 14.3 Å². The number of carbonyl (C=O) groups is 2. The van der Waals surface area contributed by atoms with E-state index in [9.17, 15) is 19.8 Å². The minimum atomic E-state index is -0.816. The van der Waals surface area contributed by atoms with E-state index in [1.54, 1.807) is 0 Å². The van der Waals surface area contributed by atoms with Crippen molar-refractivity contribution in [1.82, 2.24) is 5.32 Å². The first-order valence-electron chi connectivity index (χ1n) is 25.2. The topological polar surface area (TPSA) is 95.9 Å². The molecule has 0 aliphatic carbocycles. The molecule has 0 bridgehead atoms. The molecular formula is C56H93NO5. The minimum absolute atomic E-state index is 0.0150. The number of esters is 1. The molecule has 1 amide bonds. The van der Waals surface area contributed by atoms with Crippen molar-refractivity contribution < 1.29 is 24.5 Å². The van der Waals surface area contributed by atoms with Gasteiger partial charge in [-0.15, -0.1) is 0 Å². The lowest BCUT2D eigenvalue weighted by Gasteiger charge is -2.24. The van der Waals surface area contributed by atoms with Crippen molar-refractivity contribution in [2.75, 3.05) is 6.61 Å². The fraction of sp³-hybridized carbons (Fsp3) is 0.643. The molecule has 0 spiro atoms. The zero-order valence-corrected chi connectivity index (χ0v) is 40.0. The van der Waals surface area contributed by atoms with Crippen LogP contribution >= 0.6 is 0 Å². The first kappa shape index (κ1) is 58.5. The quantitative estimate of drug-likeness (QED) is 0.0322. The number of allylic oxidation sites excluding steroid dienone is 18. The van der Waals surface area contributed by atoms with Crippen LogP contribution in [0.5, 0.6) is 0 Å². The fourth-order valence-corrected chi connectivity index (χ4v) is 7.06. The van der Waals surface area contributed by atoms with E-state index in [4.69, 9.17) is 4.74 Å². The van der Waals surface area contributed by atoms with Crippen molar-refractivity contribution in [3.8, 4) is 0 Å². The van der Waals surface area contributed by atoms with E-state index >= 15 is 0 Å². The molecule has 6 nitrogen and oxygen atoms in total. The lowest BCUT2D eigenvalue weighted by atomic mass is 10.0. The van der Waals surface area contributed by atoms with Crippen LogP contribution in [0.1, 0.15) is 207 Å². The molecule has 0 saturated carbocycles. The summed E-state index contributed by atoms with van der Waals surface area (Å²) in [6, 6.07) is -0.735. The van der Waals surface area contributed by atoms with Gasteiger partial charge in [-0.2, -0.15) is 0 Å². The summed E-state index contributed by atoms with van der Waals surface area (Å²) >= 11 is 0. The van der Waals surface area contributed by atoms with Crippen LogP contribution in [0.4, 0.5) is 0 Å². The predicted molar refractivity (Wildman–Crippen MR) is 268 cm³/mol. The van der Waals surface area contributed by atoms with Gasteiger partial charge >= 0.3 is 5.97 Å². The number of unbranched alkanes of at least 4 members (excludes halogenated alkanes) is 20. The average molecular weight is 860 g/mol. The highest BCUT2D eigenvalue weighted by atomic mass is 16.5. The molecule has 0 aromatic heterocycles. The summed E-state index contributed by atoms with van der Waals surface area (Å²) in [6.45, 7) is 6.17. The molecule has 0 aromatic carbocycles. The van der Waals surface area contributed by atoms with Gasteiger partial charge in [-0.05, 0) is 57.8 Å². The number of nitrogens with one attached hydrogen (secondary N) is 1. The maximum absolute atomic E-state index is 13.2. The Bertz CT molecular complexity index is 1280. The van der Waals surface area contributed by atoms with Gasteiger partial charge in [0.1, 0.15) is 6.10 Å². The Morgan fingerprint density at radius 2 is 0.887 bits per heavy atom. The average Bonchev–Trinajstić information content (AvgIpc) is 3.26. The van der Waals surface area contributed by atoms with Crippen LogP contribution in [0, 0.1) is 0 Å². The highest BCUT2D eigenvalue weighted by Crippen LogP contribution is 2.17. The number of carbonyl (C=O) groups excluding carboxylic acids is 2. The lowest BCUT2D eigenvalue weighted by Crippen LogP contribution is -2.46. The van der Waals surface area contributed by atoms with Gasteiger partial charge in [0, 0.05) is 6.42 Å². The summed E-state index contributed by atoms with van der Waals surface area (Å²) in [6.07, 6.45) is 65.7. The van der Waals surface area contributed by atoms with E-state index in [-0.39, 0.29) is 24.9 Å². The molecule has 3 unspecified atom stereocenters. The number of amides is 1.